The number of hydrogen-bond donors (Lipinski definition) is 2. The SMILES string of the molecule is C=CCCCCCCCCCCCCCCCC(=O)O[C@H](COC(=O)CCCC/C=C/C/C=C/C/C=C/CCCCC)COP(=O)(O)OCCN. The van der Waals surface area contributed by atoms with Gasteiger partial charge >= 0.3 is 19.8 Å². The van der Waals surface area contributed by atoms with Crippen LogP contribution in [0.25, 0.3) is 0 Å². The highest BCUT2D eigenvalue weighted by Crippen LogP contribution is 2.43. The fraction of sp³-hybridized carbons (Fsp3) is 0.756. The molecule has 0 radical (unpaired) electrons. The molecule has 0 saturated carbocycles. The molecule has 0 amide bonds. The van der Waals surface area contributed by atoms with Gasteiger partial charge in [0.25, 0.3) is 0 Å². The lowest BCUT2D eigenvalue weighted by Crippen LogP contribution is -2.29. The van der Waals surface area contributed by atoms with Gasteiger partial charge in [-0.3, -0.25) is 18.6 Å². The molecule has 9 nitrogen and oxygen atoms in total. The summed E-state index contributed by atoms with van der Waals surface area (Å²) in [6, 6.07) is 0. The number of ether oxygens (including phenoxy) is 2. The highest BCUT2D eigenvalue weighted by molar-refractivity contribution is 7.47. The van der Waals surface area contributed by atoms with E-state index in [2.05, 4.69) is 50.0 Å². The molecule has 0 aromatic rings. The minimum absolute atomic E-state index is 0.0465. The summed E-state index contributed by atoms with van der Waals surface area (Å²) in [5, 5.41) is 0. The highest BCUT2D eigenvalue weighted by Gasteiger charge is 2.25. The van der Waals surface area contributed by atoms with E-state index in [1.807, 2.05) is 6.08 Å². The summed E-state index contributed by atoms with van der Waals surface area (Å²) in [5.74, 6) is -0.878. The maximum Gasteiger partial charge on any atom is 0.472 e. The number of nitrogens with two attached hydrogens (primary N) is 1. The Morgan fingerprint density at radius 3 is 1.67 bits per heavy atom. The van der Waals surface area contributed by atoms with Gasteiger partial charge in [-0.15, -0.1) is 6.58 Å². The number of carbonyl (C=O) groups excluding carboxylic acids is 2. The molecule has 0 heterocycles. The van der Waals surface area contributed by atoms with Crippen molar-refractivity contribution in [2.45, 2.75) is 174 Å². The van der Waals surface area contributed by atoms with Crippen LogP contribution in [0.5, 0.6) is 0 Å². The number of esters is 2. The van der Waals surface area contributed by atoms with Crippen LogP contribution < -0.4 is 5.73 Å². The first-order chi connectivity index (χ1) is 24.8. The predicted octanol–water partition coefficient (Wildman–Crippen LogP) is 11.2. The number of allylic oxidation sites excluding steroid dienone is 7. The lowest BCUT2D eigenvalue weighted by Gasteiger charge is -2.19. The van der Waals surface area contributed by atoms with Crippen LogP contribution in [0, 0.1) is 0 Å². The van der Waals surface area contributed by atoms with Crippen molar-refractivity contribution in [3.05, 3.63) is 49.1 Å². The van der Waals surface area contributed by atoms with Gasteiger partial charge in [0.1, 0.15) is 6.61 Å². The topological polar surface area (TPSA) is 134 Å². The Balaban J connectivity index is 4.25. The second kappa shape index (κ2) is 37.7. The fourth-order valence-electron chi connectivity index (χ4n) is 5.33. The molecular weight excluding hydrogens is 665 g/mol. The normalized spacial score (nSPS) is 13.6. The molecule has 3 N–H and O–H groups in total. The first-order valence-corrected chi connectivity index (χ1v) is 21.6. The third-order valence-electron chi connectivity index (χ3n) is 8.33. The zero-order valence-electron chi connectivity index (χ0n) is 32.2. The summed E-state index contributed by atoms with van der Waals surface area (Å²) in [5.41, 5.74) is 5.33. The van der Waals surface area contributed by atoms with Crippen molar-refractivity contribution in [2.24, 2.45) is 5.73 Å². The maximum atomic E-state index is 12.5. The van der Waals surface area contributed by atoms with Gasteiger partial charge in [0.15, 0.2) is 6.10 Å². The van der Waals surface area contributed by atoms with Crippen LogP contribution in [0.2, 0.25) is 0 Å². The average molecular weight is 740 g/mol. The monoisotopic (exact) mass is 740 g/mol. The first-order valence-electron chi connectivity index (χ1n) is 20.1. The molecule has 0 spiro atoms. The van der Waals surface area contributed by atoms with Crippen LogP contribution in [0.15, 0.2) is 49.1 Å². The summed E-state index contributed by atoms with van der Waals surface area (Å²) in [6.45, 7) is 5.16. The Bertz CT molecular complexity index is 967. The van der Waals surface area contributed by atoms with Crippen molar-refractivity contribution in [1.82, 2.24) is 0 Å². The molecule has 0 aromatic carbocycles. The molecular formula is C41H74NO8P. The van der Waals surface area contributed by atoms with Gasteiger partial charge in [-0.2, -0.15) is 0 Å². The Morgan fingerprint density at radius 2 is 1.12 bits per heavy atom. The molecule has 0 rings (SSSR count). The standard InChI is InChI=1S/C41H74NO8P/c1-3-5-7-9-11-13-15-17-19-21-23-25-27-29-31-33-40(43)47-37-39(38-49-51(45,46)48-36-35-42)50-41(44)34-32-30-28-26-24-22-20-18-16-14-12-10-8-6-4-2/h4,11,13,17,19,23,25,39H,2-3,5-10,12,14-16,18,20-22,24,26-38,42H2,1H3,(H,45,46)/b13-11+,19-17+,25-23+/t39-/m1/s1. The molecule has 0 aliphatic heterocycles. The first kappa shape index (κ1) is 49.0. The molecule has 0 aliphatic rings. The van der Waals surface area contributed by atoms with Crippen LogP contribution in [-0.2, 0) is 32.7 Å². The summed E-state index contributed by atoms with van der Waals surface area (Å²) < 4.78 is 32.7. The summed E-state index contributed by atoms with van der Waals surface area (Å²) >= 11 is 0. The van der Waals surface area contributed by atoms with Gasteiger partial charge in [0.05, 0.1) is 13.2 Å². The van der Waals surface area contributed by atoms with Crippen molar-refractivity contribution in [3.63, 3.8) is 0 Å². The van der Waals surface area contributed by atoms with Crippen molar-refractivity contribution >= 4 is 19.8 Å². The van der Waals surface area contributed by atoms with Crippen molar-refractivity contribution in [2.75, 3.05) is 26.4 Å². The van der Waals surface area contributed by atoms with E-state index in [4.69, 9.17) is 24.3 Å². The number of unbranched alkanes of at least 4 members (excludes halogenated alkanes) is 18. The Morgan fingerprint density at radius 1 is 0.647 bits per heavy atom. The minimum Gasteiger partial charge on any atom is -0.462 e. The molecule has 2 atom stereocenters. The minimum atomic E-state index is -4.38. The third-order valence-corrected chi connectivity index (χ3v) is 9.32. The van der Waals surface area contributed by atoms with Crippen LogP contribution in [0.4, 0.5) is 0 Å². The van der Waals surface area contributed by atoms with Gasteiger partial charge in [0, 0.05) is 19.4 Å². The average Bonchev–Trinajstić information content (AvgIpc) is 3.11. The van der Waals surface area contributed by atoms with E-state index in [-0.39, 0.29) is 32.6 Å². The van der Waals surface area contributed by atoms with E-state index >= 15 is 0 Å². The number of rotatable bonds is 38. The van der Waals surface area contributed by atoms with Crippen molar-refractivity contribution < 1.29 is 37.6 Å². The zero-order chi connectivity index (χ0) is 37.5. The molecule has 296 valence electrons. The fourth-order valence-corrected chi connectivity index (χ4v) is 6.09. The molecule has 10 heteroatoms. The van der Waals surface area contributed by atoms with E-state index < -0.39 is 32.5 Å². The lowest BCUT2D eigenvalue weighted by atomic mass is 10.0. The predicted molar refractivity (Wildman–Crippen MR) is 210 cm³/mol. The second-order valence-electron chi connectivity index (χ2n) is 13.2. The number of phosphoric ester groups is 1. The summed E-state index contributed by atoms with van der Waals surface area (Å²) in [4.78, 5) is 34.8. The summed E-state index contributed by atoms with van der Waals surface area (Å²) in [7, 11) is -4.38. The smallest absolute Gasteiger partial charge is 0.462 e. The van der Waals surface area contributed by atoms with E-state index in [0.717, 1.165) is 57.8 Å². The molecule has 0 aromatic heterocycles. The molecule has 0 saturated heterocycles. The third kappa shape index (κ3) is 37.5. The molecule has 0 fully saturated rings. The largest absolute Gasteiger partial charge is 0.472 e. The second-order valence-corrected chi connectivity index (χ2v) is 14.7. The molecule has 0 bridgehead atoms. The number of hydrogen-bond acceptors (Lipinski definition) is 8. The molecule has 0 aliphatic carbocycles. The van der Waals surface area contributed by atoms with Crippen LogP contribution in [0.1, 0.15) is 167 Å². The summed E-state index contributed by atoms with van der Waals surface area (Å²) in [6.07, 6.45) is 40.3. The van der Waals surface area contributed by atoms with Gasteiger partial charge in [-0.25, -0.2) is 4.57 Å². The van der Waals surface area contributed by atoms with E-state index in [0.29, 0.717) is 12.8 Å². The number of phosphoric acid groups is 1. The van der Waals surface area contributed by atoms with Crippen LogP contribution in [0.3, 0.4) is 0 Å². The maximum absolute atomic E-state index is 12.5. The van der Waals surface area contributed by atoms with Gasteiger partial charge < -0.3 is 20.1 Å². The van der Waals surface area contributed by atoms with Gasteiger partial charge in [-0.1, -0.05) is 133 Å². The number of carbonyl (C=O) groups is 2. The van der Waals surface area contributed by atoms with Crippen molar-refractivity contribution in [3.8, 4) is 0 Å². The Hall–Kier alpha value is -2.03. The van der Waals surface area contributed by atoms with E-state index in [1.165, 1.54) is 77.0 Å². The van der Waals surface area contributed by atoms with Gasteiger partial charge in [0.2, 0.25) is 0 Å². The molecule has 51 heavy (non-hydrogen) atoms. The quantitative estimate of drug-likeness (QED) is 0.0274. The van der Waals surface area contributed by atoms with Gasteiger partial charge in [-0.05, 0) is 64.2 Å². The van der Waals surface area contributed by atoms with Crippen molar-refractivity contribution in [1.29, 1.82) is 0 Å². The highest BCUT2D eigenvalue weighted by atomic mass is 31.2. The van der Waals surface area contributed by atoms with Crippen LogP contribution in [-0.4, -0.2) is 49.3 Å². The Kier molecular flexibility index (Phi) is 36.2. The zero-order valence-corrected chi connectivity index (χ0v) is 33.1. The molecule has 1 unspecified atom stereocenters. The van der Waals surface area contributed by atoms with E-state index in [1.54, 1.807) is 0 Å². The lowest BCUT2D eigenvalue weighted by molar-refractivity contribution is -0.161. The van der Waals surface area contributed by atoms with Crippen LogP contribution >= 0.6 is 7.82 Å². The van der Waals surface area contributed by atoms with E-state index in [9.17, 15) is 19.0 Å². The Labute approximate surface area is 311 Å².